The molecule has 0 spiro atoms. The van der Waals surface area contributed by atoms with Crippen molar-refractivity contribution in [3.05, 3.63) is 89.2 Å². The molecule has 1 unspecified atom stereocenters. The summed E-state index contributed by atoms with van der Waals surface area (Å²) >= 11 is 7.41. The van der Waals surface area contributed by atoms with Crippen LogP contribution in [-0.2, 0) is 4.79 Å². The van der Waals surface area contributed by atoms with Gasteiger partial charge >= 0.3 is 0 Å². The van der Waals surface area contributed by atoms with E-state index in [1.807, 2.05) is 24.3 Å². The third kappa shape index (κ3) is 3.94. The fourth-order valence-electron chi connectivity index (χ4n) is 2.89. The van der Waals surface area contributed by atoms with Crippen LogP contribution in [0.3, 0.4) is 0 Å². The lowest BCUT2D eigenvalue weighted by Crippen LogP contribution is -2.27. The Kier molecular flexibility index (Phi) is 5.05. The minimum absolute atomic E-state index is 0.0284. The average Bonchev–Trinajstić information content (AvgIpc) is 3.06. The Hall–Kier alpha value is -2.50. The summed E-state index contributed by atoms with van der Waals surface area (Å²) < 4.78 is 19.0. The highest BCUT2D eigenvalue weighted by atomic mass is 35.5. The van der Waals surface area contributed by atoms with Crippen molar-refractivity contribution >= 4 is 35.0 Å². The fourth-order valence-corrected chi connectivity index (χ4v) is 4.19. The molecule has 3 aromatic carbocycles. The Morgan fingerprint density at radius 3 is 2.15 bits per heavy atom. The van der Waals surface area contributed by atoms with Crippen LogP contribution < -0.4 is 9.64 Å². The van der Waals surface area contributed by atoms with Crippen LogP contribution in [0.4, 0.5) is 10.1 Å². The van der Waals surface area contributed by atoms with Crippen LogP contribution in [0.25, 0.3) is 0 Å². The van der Waals surface area contributed by atoms with Gasteiger partial charge in [-0.2, -0.15) is 0 Å². The van der Waals surface area contributed by atoms with Crippen LogP contribution >= 0.6 is 23.4 Å². The van der Waals surface area contributed by atoms with Crippen molar-refractivity contribution in [3.63, 3.8) is 0 Å². The van der Waals surface area contributed by atoms with Gasteiger partial charge in [-0.05, 0) is 66.2 Å². The first kappa shape index (κ1) is 17.9. The first-order valence-corrected chi connectivity index (χ1v) is 9.75. The van der Waals surface area contributed by atoms with Crippen LogP contribution in [0.15, 0.2) is 72.8 Å². The number of nitrogens with zero attached hydrogens (tertiary/aromatic N) is 1. The monoisotopic (exact) mass is 399 g/mol. The van der Waals surface area contributed by atoms with Crippen LogP contribution in [0, 0.1) is 5.82 Å². The van der Waals surface area contributed by atoms with Crippen molar-refractivity contribution < 1.29 is 13.9 Å². The molecule has 1 atom stereocenters. The van der Waals surface area contributed by atoms with E-state index in [4.69, 9.17) is 16.3 Å². The first-order valence-electron chi connectivity index (χ1n) is 8.33. The van der Waals surface area contributed by atoms with Crippen LogP contribution in [-0.4, -0.2) is 11.7 Å². The van der Waals surface area contributed by atoms with Gasteiger partial charge in [-0.15, -0.1) is 11.8 Å². The van der Waals surface area contributed by atoms with E-state index in [1.54, 1.807) is 41.3 Å². The van der Waals surface area contributed by atoms with Gasteiger partial charge in [0.15, 0.2) is 0 Å². The Bertz CT molecular complexity index is 945. The van der Waals surface area contributed by atoms with Crippen molar-refractivity contribution in [2.45, 2.75) is 5.37 Å². The predicted molar refractivity (Wildman–Crippen MR) is 107 cm³/mol. The zero-order valence-corrected chi connectivity index (χ0v) is 15.7. The SMILES string of the molecule is O=C1CSC(c2ccc(F)cc2)N1c1ccc(Oc2ccc(Cl)cc2)cc1. The van der Waals surface area contributed by atoms with Gasteiger partial charge in [0.1, 0.15) is 22.7 Å². The van der Waals surface area contributed by atoms with E-state index in [0.717, 1.165) is 11.3 Å². The summed E-state index contributed by atoms with van der Waals surface area (Å²) in [6.07, 6.45) is 0. The maximum absolute atomic E-state index is 13.2. The summed E-state index contributed by atoms with van der Waals surface area (Å²) in [5.41, 5.74) is 1.68. The van der Waals surface area contributed by atoms with Crippen LogP contribution in [0.5, 0.6) is 11.5 Å². The van der Waals surface area contributed by atoms with Crippen LogP contribution in [0.1, 0.15) is 10.9 Å². The largest absolute Gasteiger partial charge is 0.457 e. The molecule has 1 fully saturated rings. The molecule has 3 nitrogen and oxygen atoms in total. The molecule has 0 bridgehead atoms. The summed E-state index contributed by atoms with van der Waals surface area (Å²) in [4.78, 5) is 14.2. The van der Waals surface area contributed by atoms with Gasteiger partial charge < -0.3 is 4.74 Å². The van der Waals surface area contributed by atoms with Gasteiger partial charge in [0.25, 0.3) is 0 Å². The van der Waals surface area contributed by atoms with Crippen molar-refractivity contribution in [3.8, 4) is 11.5 Å². The number of anilines is 1. The average molecular weight is 400 g/mol. The summed E-state index contributed by atoms with van der Waals surface area (Å²) in [5, 5.41) is 0.482. The standard InChI is InChI=1S/C21H15ClFNO2S/c22-15-3-9-18(10-4-15)26-19-11-7-17(8-12-19)24-20(25)13-27-21(24)14-1-5-16(23)6-2-14/h1-12,21H,13H2. The number of amides is 1. The lowest BCUT2D eigenvalue weighted by atomic mass is 10.2. The molecule has 1 amide bonds. The predicted octanol–water partition coefficient (Wildman–Crippen LogP) is 6.05. The second-order valence-corrected chi connectivity index (χ2v) is 7.53. The van der Waals surface area contributed by atoms with Gasteiger partial charge in [-0.3, -0.25) is 9.69 Å². The molecular formula is C21H15ClFNO2S. The molecule has 1 aliphatic heterocycles. The number of halogens is 2. The number of rotatable bonds is 4. The van der Waals surface area contributed by atoms with Gasteiger partial charge in [0.05, 0.1) is 5.75 Å². The fraction of sp³-hybridized carbons (Fsp3) is 0.0952. The lowest BCUT2D eigenvalue weighted by molar-refractivity contribution is -0.115. The summed E-state index contributed by atoms with van der Waals surface area (Å²) in [5.74, 6) is 1.48. The Labute approximate surface area is 165 Å². The maximum Gasteiger partial charge on any atom is 0.238 e. The molecule has 27 heavy (non-hydrogen) atoms. The Morgan fingerprint density at radius 1 is 0.926 bits per heavy atom. The van der Waals surface area contributed by atoms with Gasteiger partial charge in [0, 0.05) is 10.7 Å². The Balaban J connectivity index is 1.55. The minimum Gasteiger partial charge on any atom is -0.457 e. The van der Waals surface area contributed by atoms with Gasteiger partial charge in [-0.1, -0.05) is 23.7 Å². The van der Waals surface area contributed by atoms with Crippen molar-refractivity contribution in [1.29, 1.82) is 0 Å². The molecule has 0 N–H and O–H groups in total. The smallest absolute Gasteiger partial charge is 0.238 e. The molecule has 6 heteroatoms. The highest BCUT2D eigenvalue weighted by Crippen LogP contribution is 2.42. The summed E-state index contributed by atoms with van der Waals surface area (Å²) in [6.45, 7) is 0. The molecule has 136 valence electrons. The normalized spacial score (nSPS) is 16.6. The maximum atomic E-state index is 13.2. The zero-order chi connectivity index (χ0) is 18.8. The topological polar surface area (TPSA) is 29.5 Å². The molecule has 0 radical (unpaired) electrons. The molecular weight excluding hydrogens is 385 g/mol. The van der Waals surface area contributed by atoms with E-state index >= 15 is 0 Å². The second-order valence-electron chi connectivity index (χ2n) is 6.03. The van der Waals surface area contributed by atoms with Crippen molar-refractivity contribution in [1.82, 2.24) is 0 Å². The summed E-state index contributed by atoms with van der Waals surface area (Å²) in [6, 6.07) is 20.7. The van der Waals surface area contributed by atoms with Crippen LogP contribution in [0.2, 0.25) is 5.02 Å². The van der Waals surface area contributed by atoms with Gasteiger partial charge in [0.2, 0.25) is 5.91 Å². The number of benzene rings is 3. The number of ether oxygens (including phenoxy) is 1. The molecule has 0 aliphatic carbocycles. The third-order valence-corrected chi connectivity index (χ3v) is 5.65. The number of carbonyl (C=O) groups excluding carboxylic acids is 1. The first-order chi connectivity index (χ1) is 13.1. The number of hydrogen-bond donors (Lipinski definition) is 0. The number of carbonyl (C=O) groups is 1. The number of hydrogen-bond acceptors (Lipinski definition) is 3. The van der Waals surface area contributed by atoms with E-state index in [0.29, 0.717) is 22.3 Å². The Morgan fingerprint density at radius 2 is 1.52 bits per heavy atom. The van der Waals surface area contributed by atoms with E-state index in [9.17, 15) is 9.18 Å². The molecule has 0 saturated carbocycles. The highest BCUT2D eigenvalue weighted by molar-refractivity contribution is 8.00. The minimum atomic E-state index is -0.289. The van der Waals surface area contributed by atoms with E-state index < -0.39 is 0 Å². The molecule has 1 aliphatic rings. The number of thioether (sulfide) groups is 1. The van der Waals surface area contributed by atoms with Gasteiger partial charge in [-0.25, -0.2) is 4.39 Å². The molecule has 0 aromatic heterocycles. The molecule has 1 heterocycles. The molecule has 4 rings (SSSR count). The van der Waals surface area contributed by atoms with E-state index in [1.165, 1.54) is 23.9 Å². The quantitative estimate of drug-likeness (QED) is 0.534. The summed E-state index contributed by atoms with van der Waals surface area (Å²) in [7, 11) is 0. The highest BCUT2D eigenvalue weighted by Gasteiger charge is 2.34. The molecule has 3 aromatic rings. The zero-order valence-electron chi connectivity index (χ0n) is 14.1. The second kappa shape index (κ2) is 7.62. The van der Waals surface area contributed by atoms with E-state index in [2.05, 4.69) is 0 Å². The third-order valence-electron chi connectivity index (χ3n) is 4.19. The lowest BCUT2D eigenvalue weighted by Gasteiger charge is -2.24. The van der Waals surface area contributed by atoms with Crippen molar-refractivity contribution in [2.24, 2.45) is 0 Å². The van der Waals surface area contributed by atoms with Crippen molar-refractivity contribution in [2.75, 3.05) is 10.7 Å². The molecule has 1 saturated heterocycles. The van der Waals surface area contributed by atoms with E-state index in [-0.39, 0.29) is 17.1 Å².